The monoisotopic (exact) mass is 316 g/mol. The first kappa shape index (κ1) is 17.7. The number of carboxylic acid groups (broad SMARTS) is 1. The van der Waals surface area contributed by atoms with Crippen LogP contribution in [0.5, 0.6) is 5.75 Å². The summed E-state index contributed by atoms with van der Waals surface area (Å²) < 4.78 is 4.90. The molecule has 120 valence electrons. The topological polar surface area (TPSA) is 133 Å². The van der Waals surface area contributed by atoms with Crippen LogP contribution in [0, 0.1) is 0 Å². The predicted octanol–water partition coefficient (Wildman–Crippen LogP) is 1.28. The Bertz CT molecular complexity index is 678. The summed E-state index contributed by atoms with van der Waals surface area (Å²) in [5.74, 6) is -1.39. The van der Waals surface area contributed by atoms with E-state index >= 15 is 0 Å². The molecule has 0 unspecified atom stereocenters. The molecule has 0 spiro atoms. The Morgan fingerprint density at radius 1 is 0.870 bits per heavy atom. The van der Waals surface area contributed by atoms with E-state index in [0.29, 0.717) is 16.9 Å². The van der Waals surface area contributed by atoms with Gasteiger partial charge in [0.05, 0.1) is 12.7 Å². The lowest BCUT2D eigenvalue weighted by atomic mass is 10.1. The fourth-order valence-corrected chi connectivity index (χ4v) is 1.55. The molecule has 0 saturated carbocycles. The molecular formula is C16H16N2O5. The van der Waals surface area contributed by atoms with Crippen molar-refractivity contribution in [2.75, 3.05) is 7.11 Å². The van der Waals surface area contributed by atoms with E-state index in [0.717, 1.165) is 0 Å². The van der Waals surface area contributed by atoms with Crippen LogP contribution in [0.15, 0.2) is 48.5 Å². The highest BCUT2D eigenvalue weighted by molar-refractivity contribution is 5.94. The molecule has 2 aromatic carbocycles. The Kier molecular flexibility index (Phi) is 6.30. The summed E-state index contributed by atoms with van der Waals surface area (Å²) in [6.07, 6.45) is 0. The largest absolute Gasteiger partial charge is 0.497 e. The number of aromatic carboxylic acids is 1. The minimum Gasteiger partial charge on any atom is -0.497 e. The highest BCUT2D eigenvalue weighted by Crippen LogP contribution is 2.11. The summed E-state index contributed by atoms with van der Waals surface area (Å²) in [6, 6.07) is 12.2. The van der Waals surface area contributed by atoms with E-state index in [9.17, 15) is 14.4 Å². The molecule has 2 amide bonds. The van der Waals surface area contributed by atoms with Crippen LogP contribution in [0.1, 0.15) is 31.1 Å². The lowest BCUT2D eigenvalue weighted by Gasteiger charge is -1.99. The maximum atomic E-state index is 10.6. The number of benzene rings is 2. The lowest BCUT2D eigenvalue weighted by Crippen LogP contribution is -2.10. The number of methoxy groups -OCH3 is 1. The fraction of sp³-hybridized carbons (Fsp3) is 0.0625. The van der Waals surface area contributed by atoms with Gasteiger partial charge in [-0.3, -0.25) is 9.59 Å². The van der Waals surface area contributed by atoms with E-state index in [-0.39, 0.29) is 5.56 Å². The van der Waals surface area contributed by atoms with Gasteiger partial charge in [0.1, 0.15) is 5.75 Å². The van der Waals surface area contributed by atoms with Crippen LogP contribution in [0.3, 0.4) is 0 Å². The minimum absolute atomic E-state index is 0.139. The number of hydrogen-bond acceptors (Lipinski definition) is 4. The Balaban J connectivity index is 0.000000231. The van der Waals surface area contributed by atoms with Crippen molar-refractivity contribution < 1.29 is 24.2 Å². The van der Waals surface area contributed by atoms with Gasteiger partial charge < -0.3 is 21.3 Å². The molecule has 0 aromatic heterocycles. The van der Waals surface area contributed by atoms with Gasteiger partial charge >= 0.3 is 5.97 Å². The van der Waals surface area contributed by atoms with Gasteiger partial charge in [0.2, 0.25) is 11.8 Å². The molecule has 0 radical (unpaired) electrons. The third-order valence-corrected chi connectivity index (χ3v) is 2.77. The van der Waals surface area contributed by atoms with Gasteiger partial charge in [0, 0.05) is 11.1 Å². The Morgan fingerprint density at radius 2 is 1.39 bits per heavy atom. The summed E-state index contributed by atoms with van der Waals surface area (Å²) in [5, 5.41) is 8.50. The van der Waals surface area contributed by atoms with Crippen LogP contribution in [0.2, 0.25) is 0 Å². The van der Waals surface area contributed by atoms with Crippen LogP contribution in [0.4, 0.5) is 0 Å². The van der Waals surface area contributed by atoms with Gasteiger partial charge in [-0.25, -0.2) is 4.79 Å². The van der Waals surface area contributed by atoms with E-state index < -0.39 is 17.8 Å². The number of nitrogens with two attached hydrogens (primary N) is 2. The molecule has 23 heavy (non-hydrogen) atoms. The minimum atomic E-state index is -1.02. The molecule has 0 heterocycles. The zero-order valence-electron chi connectivity index (χ0n) is 12.4. The maximum Gasteiger partial charge on any atom is 0.335 e. The molecule has 0 bridgehead atoms. The van der Waals surface area contributed by atoms with Crippen LogP contribution in [-0.2, 0) is 0 Å². The first-order valence-electron chi connectivity index (χ1n) is 6.42. The Morgan fingerprint density at radius 3 is 1.83 bits per heavy atom. The SMILES string of the molecule is COc1cccc(C(N)=O)c1.NC(=O)c1ccc(C(=O)O)cc1. The van der Waals surface area contributed by atoms with Crippen molar-refractivity contribution in [2.24, 2.45) is 11.5 Å². The summed E-state index contributed by atoms with van der Waals surface area (Å²) >= 11 is 0. The average Bonchev–Trinajstić information content (AvgIpc) is 2.55. The van der Waals surface area contributed by atoms with Crippen molar-refractivity contribution in [2.45, 2.75) is 0 Å². The van der Waals surface area contributed by atoms with Crippen LogP contribution >= 0.6 is 0 Å². The smallest absolute Gasteiger partial charge is 0.335 e. The first-order chi connectivity index (χ1) is 10.8. The number of ether oxygens (including phenoxy) is 1. The molecule has 0 aliphatic heterocycles. The van der Waals surface area contributed by atoms with Crippen molar-refractivity contribution in [1.29, 1.82) is 0 Å². The lowest BCUT2D eigenvalue weighted by molar-refractivity contribution is 0.0696. The highest BCUT2D eigenvalue weighted by Gasteiger charge is 2.03. The number of carboxylic acids is 1. The molecule has 0 aliphatic rings. The van der Waals surface area contributed by atoms with E-state index in [1.165, 1.54) is 24.3 Å². The molecule has 0 aliphatic carbocycles. The molecule has 2 rings (SSSR count). The molecule has 0 saturated heterocycles. The molecular weight excluding hydrogens is 300 g/mol. The van der Waals surface area contributed by atoms with Crippen LogP contribution in [0.25, 0.3) is 0 Å². The van der Waals surface area contributed by atoms with Crippen molar-refractivity contribution >= 4 is 17.8 Å². The standard InChI is InChI=1S/C8H7NO3.C8H9NO2/c9-7(10)5-1-3-6(4-2-5)8(11)12;1-11-7-4-2-3-6(5-7)8(9)10/h1-4H,(H2,9,10)(H,11,12);2-5H,1H3,(H2,9,10). The fourth-order valence-electron chi connectivity index (χ4n) is 1.55. The van der Waals surface area contributed by atoms with Crippen LogP contribution < -0.4 is 16.2 Å². The van der Waals surface area contributed by atoms with Gasteiger partial charge in [0.25, 0.3) is 0 Å². The second kappa shape index (κ2) is 8.18. The number of rotatable bonds is 4. The second-order valence-corrected chi connectivity index (χ2v) is 4.34. The molecule has 2 aromatic rings. The first-order valence-corrected chi connectivity index (χ1v) is 6.42. The van der Waals surface area contributed by atoms with Gasteiger partial charge in [-0.05, 0) is 42.5 Å². The van der Waals surface area contributed by atoms with Gasteiger partial charge in [0.15, 0.2) is 0 Å². The third kappa shape index (κ3) is 5.50. The zero-order valence-corrected chi connectivity index (χ0v) is 12.4. The summed E-state index contributed by atoms with van der Waals surface area (Å²) in [6.45, 7) is 0. The summed E-state index contributed by atoms with van der Waals surface area (Å²) in [5.41, 5.74) is 10.9. The van der Waals surface area contributed by atoms with E-state index in [4.69, 9.17) is 21.3 Å². The summed E-state index contributed by atoms with van der Waals surface area (Å²) in [4.78, 5) is 31.6. The average molecular weight is 316 g/mol. The van der Waals surface area contributed by atoms with Crippen LogP contribution in [-0.4, -0.2) is 30.0 Å². The number of primary amides is 2. The molecule has 7 nitrogen and oxygen atoms in total. The molecule has 0 fully saturated rings. The number of carbonyl (C=O) groups is 3. The van der Waals surface area contributed by atoms with Crippen molar-refractivity contribution in [3.63, 3.8) is 0 Å². The van der Waals surface area contributed by atoms with E-state index in [2.05, 4.69) is 0 Å². The zero-order chi connectivity index (χ0) is 17.4. The second-order valence-electron chi connectivity index (χ2n) is 4.34. The molecule has 0 atom stereocenters. The van der Waals surface area contributed by atoms with E-state index in [1.807, 2.05) is 0 Å². The van der Waals surface area contributed by atoms with Crippen molar-refractivity contribution in [3.8, 4) is 5.75 Å². The number of hydrogen-bond donors (Lipinski definition) is 3. The normalized spacial score (nSPS) is 9.26. The van der Waals surface area contributed by atoms with Gasteiger partial charge in [-0.2, -0.15) is 0 Å². The van der Waals surface area contributed by atoms with Crippen molar-refractivity contribution in [3.05, 3.63) is 65.2 Å². The summed E-state index contributed by atoms with van der Waals surface area (Å²) in [7, 11) is 1.54. The number of amides is 2. The van der Waals surface area contributed by atoms with Gasteiger partial charge in [-0.15, -0.1) is 0 Å². The molecule has 7 heteroatoms. The molecule has 5 N–H and O–H groups in total. The quantitative estimate of drug-likeness (QED) is 0.781. The van der Waals surface area contributed by atoms with Gasteiger partial charge in [-0.1, -0.05) is 6.07 Å². The van der Waals surface area contributed by atoms with Crippen molar-refractivity contribution in [1.82, 2.24) is 0 Å². The Labute approximate surface area is 132 Å². The third-order valence-electron chi connectivity index (χ3n) is 2.77. The van der Waals surface area contributed by atoms with E-state index in [1.54, 1.807) is 31.4 Å². The number of carbonyl (C=O) groups excluding carboxylic acids is 2. The highest BCUT2D eigenvalue weighted by atomic mass is 16.5. The Hall–Kier alpha value is -3.35. The maximum absolute atomic E-state index is 10.6. The predicted molar refractivity (Wildman–Crippen MR) is 83.4 cm³/mol.